The lowest BCUT2D eigenvalue weighted by atomic mass is 10.1. The Bertz CT molecular complexity index is 1030. The monoisotopic (exact) mass is 503 g/mol. The molecule has 0 aliphatic heterocycles. The minimum Gasteiger partial charge on any atom is -0.379 e. The molecule has 1 atom stereocenters. The van der Waals surface area contributed by atoms with Gasteiger partial charge in [0.2, 0.25) is 21.8 Å². The van der Waals surface area contributed by atoms with Crippen LogP contribution in [0.4, 0.5) is 0 Å². The van der Waals surface area contributed by atoms with E-state index in [0.717, 1.165) is 21.7 Å². The highest BCUT2D eigenvalue weighted by Crippen LogP contribution is 2.13. The average molecular weight is 504 g/mol. The number of nitrogens with one attached hydrogen (secondary N) is 1. The summed E-state index contributed by atoms with van der Waals surface area (Å²) < 4.78 is 31.6. The van der Waals surface area contributed by atoms with Crippen molar-refractivity contribution in [2.24, 2.45) is 0 Å². The molecule has 35 heavy (non-hydrogen) atoms. The molecule has 9 heteroatoms. The van der Waals surface area contributed by atoms with Crippen LogP contribution in [0.15, 0.2) is 60.7 Å². The van der Waals surface area contributed by atoms with Gasteiger partial charge in [-0.1, -0.05) is 60.7 Å². The Morgan fingerprint density at radius 2 is 1.46 bits per heavy atom. The van der Waals surface area contributed by atoms with Crippen LogP contribution in [0.5, 0.6) is 0 Å². The fourth-order valence-electron chi connectivity index (χ4n) is 3.43. The van der Waals surface area contributed by atoms with E-state index in [4.69, 9.17) is 4.74 Å². The number of rotatable bonds is 14. The van der Waals surface area contributed by atoms with Crippen LogP contribution in [0.25, 0.3) is 0 Å². The first kappa shape index (κ1) is 28.5. The quantitative estimate of drug-likeness (QED) is 0.400. The normalized spacial score (nSPS) is 12.5. The number of carbonyl (C=O) groups excluding carboxylic acids is 2. The summed E-state index contributed by atoms with van der Waals surface area (Å²) in [6.45, 7) is 6.41. The molecule has 2 aromatic rings. The third-order valence-corrected chi connectivity index (χ3v) is 6.61. The maximum absolute atomic E-state index is 13.4. The number of carbonyl (C=O) groups is 2. The Hall–Kier alpha value is -2.75. The van der Waals surface area contributed by atoms with Gasteiger partial charge < -0.3 is 15.0 Å². The number of benzene rings is 2. The zero-order valence-corrected chi connectivity index (χ0v) is 21.8. The Morgan fingerprint density at radius 3 is 1.97 bits per heavy atom. The predicted molar refractivity (Wildman–Crippen MR) is 137 cm³/mol. The van der Waals surface area contributed by atoms with Crippen molar-refractivity contribution in [3.8, 4) is 0 Å². The first-order valence-corrected chi connectivity index (χ1v) is 13.6. The molecule has 2 rings (SSSR count). The number of hydrogen-bond acceptors (Lipinski definition) is 5. The van der Waals surface area contributed by atoms with Gasteiger partial charge in [0.1, 0.15) is 6.04 Å². The highest BCUT2D eigenvalue weighted by Gasteiger charge is 2.29. The lowest BCUT2D eigenvalue weighted by Crippen LogP contribution is -2.51. The number of nitrogens with zero attached hydrogens (tertiary/aromatic N) is 2. The van der Waals surface area contributed by atoms with Gasteiger partial charge in [0.25, 0.3) is 0 Å². The molecule has 0 saturated heterocycles. The molecule has 0 aromatic heterocycles. The molecule has 1 N–H and O–H groups in total. The van der Waals surface area contributed by atoms with E-state index in [-0.39, 0.29) is 31.6 Å². The Labute approximate surface area is 209 Å². The molecule has 0 aliphatic rings. The zero-order chi connectivity index (χ0) is 25.8. The van der Waals surface area contributed by atoms with Gasteiger partial charge in [0.15, 0.2) is 0 Å². The van der Waals surface area contributed by atoms with E-state index in [1.54, 1.807) is 6.92 Å². The largest absolute Gasteiger partial charge is 0.379 e. The van der Waals surface area contributed by atoms with Gasteiger partial charge in [0.05, 0.1) is 18.9 Å². The van der Waals surface area contributed by atoms with E-state index in [0.29, 0.717) is 19.6 Å². The SMILES string of the molecule is CC(C)OCCCNC(=O)[C@@H](C)N(Cc1ccccc1)C(=O)CN(Cc1ccccc1)S(C)(=O)=O. The van der Waals surface area contributed by atoms with E-state index in [2.05, 4.69) is 5.32 Å². The van der Waals surface area contributed by atoms with Crippen molar-refractivity contribution in [2.75, 3.05) is 26.0 Å². The first-order chi connectivity index (χ1) is 16.6. The van der Waals surface area contributed by atoms with Gasteiger partial charge in [-0.2, -0.15) is 4.31 Å². The van der Waals surface area contributed by atoms with Crippen LogP contribution < -0.4 is 5.32 Å². The fraction of sp³-hybridized carbons (Fsp3) is 0.462. The lowest BCUT2D eigenvalue weighted by molar-refractivity contribution is -0.140. The molecule has 0 saturated carbocycles. The van der Waals surface area contributed by atoms with Gasteiger partial charge >= 0.3 is 0 Å². The third-order valence-electron chi connectivity index (χ3n) is 5.42. The van der Waals surface area contributed by atoms with Gasteiger partial charge in [0, 0.05) is 26.2 Å². The minimum atomic E-state index is -3.67. The second kappa shape index (κ2) is 14.0. The van der Waals surface area contributed by atoms with Crippen LogP contribution in [0.2, 0.25) is 0 Å². The molecular formula is C26H37N3O5S. The van der Waals surface area contributed by atoms with Gasteiger partial charge in [-0.15, -0.1) is 0 Å². The predicted octanol–water partition coefficient (Wildman–Crippen LogP) is 2.80. The number of sulfonamides is 1. The van der Waals surface area contributed by atoms with Crippen LogP contribution in [0.3, 0.4) is 0 Å². The summed E-state index contributed by atoms with van der Waals surface area (Å²) in [5.41, 5.74) is 1.62. The molecule has 2 aromatic carbocycles. The van der Waals surface area contributed by atoms with E-state index in [1.807, 2.05) is 74.5 Å². The second-order valence-corrected chi connectivity index (χ2v) is 10.7. The van der Waals surface area contributed by atoms with Crippen molar-refractivity contribution in [1.82, 2.24) is 14.5 Å². The van der Waals surface area contributed by atoms with Crippen molar-refractivity contribution in [3.05, 3.63) is 71.8 Å². The first-order valence-electron chi connectivity index (χ1n) is 11.8. The van der Waals surface area contributed by atoms with Crippen LogP contribution in [-0.2, 0) is 37.4 Å². The summed E-state index contributed by atoms with van der Waals surface area (Å²) in [5, 5.41) is 2.86. The average Bonchev–Trinajstić information content (AvgIpc) is 2.81. The fourth-order valence-corrected chi connectivity index (χ4v) is 4.16. The lowest BCUT2D eigenvalue weighted by Gasteiger charge is -2.31. The van der Waals surface area contributed by atoms with Crippen LogP contribution in [0.1, 0.15) is 38.3 Å². The number of amides is 2. The molecular weight excluding hydrogens is 466 g/mol. The number of hydrogen-bond donors (Lipinski definition) is 1. The van der Waals surface area contributed by atoms with Crippen molar-refractivity contribution in [2.45, 2.75) is 52.4 Å². The molecule has 0 unspecified atom stereocenters. The van der Waals surface area contributed by atoms with Crippen LogP contribution in [-0.4, -0.2) is 67.5 Å². The summed E-state index contributed by atoms with van der Waals surface area (Å²) in [6, 6.07) is 17.6. The summed E-state index contributed by atoms with van der Waals surface area (Å²) in [5.74, 6) is -0.742. The molecule has 0 heterocycles. The Balaban J connectivity index is 2.15. The molecule has 0 bridgehead atoms. The maximum Gasteiger partial charge on any atom is 0.242 e. The molecule has 8 nitrogen and oxygen atoms in total. The summed E-state index contributed by atoms with van der Waals surface area (Å²) >= 11 is 0. The third kappa shape index (κ3) is 10.2. The van der Waals surface area contributed by atoms with Crippen molar-refractivity contribution in [1.29, 1.82) is 0 Å². The zero-order valence-electron chi connectivity index (χ0n) is 21.0. The second-order valence-electron chi connectivity index (χ2n) is 8.76. The minimum absolute atomic E-state index is 0.0705. The molecule has 0 radical (unpaired) electrons. The van der Waals surface area contributed by atoms with Gasteiger partial charge in [-0.25, -0.2) is 8.42 Å². The van der Waals surface area contributed by atoms with E-state index in [9.17, 15) is 18.0 Å². The Kier molecular flexibility index (Phi) is 11.4. The van der Waals surface area contributed by atoms with E-state index >= 15 is 0 Å². The summed E-state index contributed by atoms with van der Waals surface area (Å²) in [7, 11) is -3.67. The molecule has 2 amide bonds. The highest BCUT2D eigenvalue weighted by atomic mass is 32.2. The Morgan fingerprint density at radius 1 is 0.914 bits per heavy atom. The van der Waals surface area contributed by atoms with Gasteiger partial charge in [-0.05, 0) is 38.3 Å². The van der Waals surface area contributed by atoms with Crippen molar-refractivity contribution < 1.29 is 22.7 Å². The van der Waals surface area contributed by atoms with Crippen molar-refractivity contribution in [3.63, 3.8) is 0 Å². The van der Waals surface area contributed by atoms with Crippen molar-refractivity contribution >= 4 is 21.8 Å². The topological polar surface area (TPSA) is 96.0 Å². The van der Waals surface area contributed by atoms with Crippen LogP contribution >= 0.6 is 0 Å². The van der Waals surface area contributed by atoms with E-state index < -0.39 is 22.0 Å². The van der Waals surface area contributed by atoms with Gasteiger partial charge in [-0.3, -0.25) is 9.59 Å². The number of ether oxygens (including phenoxy) is 1. The smallest absolute Gasteiger partial charge is 0.242 e. The summed E-state index contributed by atoms with van der Waals surface area (Å²) in [4.78, 5) is 27.7. The maximum atomic E-state index is 13.4. The summed E-state index contributed by atoms with van der Waals surface area (Å²) in [6.07, 6.45) is 1.86. The highest BCUT2D eigenvalue weighted by molar-refractivity contribution is 7.88. The molecule has 0 fully saturated rings. The standard InChI is InChI=1S/C26H37N3O5S/c1-21(2)34-17-11-16-27-26(31)22(3)29(19-24-14-9-6-10-15-24)25(30)20-28(35(4,32)33)18-23-12-7-5-8-13-23/h5-10,12-15,21-22H,11,16-20H2,1-4H3,(H,27,31)/t22-/m1/s1. The molecule has 192 valence electrons. The molecule has 0 aliphatic carbocycles. The van der Waals surface area contributed by atoms with E-state index in [1.165, 1.54) is 4.90 Å². The van der Waals surface area contributed by atoms with Crippen LogP contribution in [0, 0.1) is 0 Å². The molecule has 0 spiro atoms.